The normalized spacial score (nSPS) is 11.9. The first-order chi connectivity index (χ1) is 9.38. The highest BCUT2D eigenvalue weighted by Crippen LogP contribution is 2.28. The molecule has 0 atom stereocenters. The molecule has 5 nitrogen and oxygen atoms in total. The molecule has 0 saturated heterocycles. The molecule has 0 heterocycles. The molecule has 7 heteroatoms. The van der Waals surface area contributed by atoms with Crippen molar-refractivity contribution >= 4 is 33.1 Å². The van der Waals surface area contributed by atoms with Gasteiger partial charge < -0.3 is 0 Å². The molecule has 0 radical (unpaired) electrons. The van der Waals surface area contributed by atoms with E-state index in [1.54, 1.807) is 6.07 Å². The first-order valence-corrected chi connectivity index (χ1v) is 7.44. The lowest BCUT2D eigenvalue weighted by molar-refractivity contribution is 0.483. The molecule has 2 aromatic rings. The van der Waals surface area contributed by atoms with Gasteiger partial charge in [0.05, 0.1) is 16.4 Å². The van der Waals surface area contributed by atoms with Crippen molar-refractivity contribution in [1.82, 2.24) is 0 Å². The average molecular weight is 311 g/mol. The molecule has 0 amide bonds. The molecule has 1 N–H and O–H groups in total. The second kappa shape index (κ2) is 5.70. The van der Waals surface area contributed by atoms with Crippen LogP contribution in [-0.2, 0) is 10.1 Å². The number of benzene rings is 2. The largest absolute Gasteiger partial charge is 0.296 e. The minimum atomic E-state index is -4.38. The highest BCUT2D eigenvalue weighted by Gasteiger charge is 2.14. The van der Waals surface area contributed by atoms with Crippen molar-refractivity contribution in [2.45, 2.75) is 11.8 Å². The van der Waals surface area contributed by atoms with Gasteiger partial charge in [0, 0.05) is 0 Å². The Balaban J connectivity index is 2.39. The molecule has 0 fully saturated rings. The smallest absolute Gasteiger partial charge is 0.282 e. The molecule has 0 saturated carbocycles. The number of azo groups is 1. The van der Waals surface area contributed by atoms with Crippen LogP contribution in [0.15, 0.2) is 57.6 Å². The van der Waals surface area contributed by atoms with Crippen LogP contribution in [0.2, 0.25) is 5.02 Å². The Hall–Kier alpha value is -1.76. The minimum Gasteiger partial charge on any atom is -0.282 e. The lowest BCUT2D eigenvalue weighted by Gasteiger charge is -2.01. The molecule has 0 aliphatic rings. The van der Waals surface area contributed by atoms with E-state index in [2.05, 4.69) is 10.2 Å². The molecule has 0 bridgehead atoms. The predicted octanol–water partition coefficient (Wildman–Crippen LogP) is 4.31. The Labute approximate surface area is 121 Å². The van der Waals surface area contributed by atoms with Crippen LogP contribution >= 0.6 is 11.6 Å². The van der Waals surface area contributed by atoms with Gasteiger partial charge in [-0.2, -0.15) is 18.6 Å². The Kier molecular flexibility index (Phi) is 4.17. The first-order valence-electron chi connectivity index (χ1n) is 5.62. The van der Waals surface area contributed by atoms with E-state index < -0.39 is 10.1 Å². The van der Waals surface area contributed by atoms with Crippen molar-refractivity contribution in [3.8, 4) is 0 Å². The maximum absolute atomic E-state index is 11.1. The molecule has 0 spiro atoms. The zero-order valence-electron chi connectivity index (χ0n) is 10.5. The van der Waals surface area contributed by atoms with Crippen LogP contribution in [0.25, 0.3) is 0 Å². The molecule has 104 valence electrons. The quantitative estimate of drug-likeness (QED) is 0.677. The van der Waals surface area contributed by atoms with Gasteiger partial charge in [-0.3, -0.25) is 4.55 Å². The summed E-state index contributed by atoms with van der Waals surface area (Å²) < 4.78 is 31.3. The Morgan fingerprint density at radius 2 is 1.80 bits per heavy atom. The molecule has 0 aromatic heterocycles. The fourth-order valence-corrected chi connectivity index (χ4v) is 2.53. The Morgan fingerprint density at radius 3 is 2.45 bits per heavy atom. The van der Waals surface area contributed by atoms with E-state index in [9.17, 15) is 8.42 Å². The van der Waals surface area contributed by atoms with Gasteiger partial charge in [-0.05, 0) is 36.8 Å². The van der Waals surface area contributed by atoms with Gasteiger partial charge in [-0.15, -0.1) is 0 Å². The third-order valence-electron chi connectivity index (χ3n) is 2.58. The van der Waals surface area contributed by atoms with Crippen LogP contribution < -0.4 is 0 Å². The summed E-state index contributed by atoms with van der Waals surface area (Å²) in [7, 11) is -4.38. The number of hydrogen-bond acceptors (Lipinski definition) is 4. The highest BCUT2D eigenvalue weighted by atomic mass is 35.5. The maximum Gasteiger partial charge on any atom is 0.296 e. The zero-order valence-corrected chi connectivity index (χ0v) is 12.1. The molecule has 2 aromatic carbocycles. The van der Waals surface area contributed by atoms with Gasteiger partial charge in [-0.1, -0.05) is 29.8 Å². The van der Waals surface area contributed by atoms with Crippen molar-refractivity contribution < 1.29 is 13.0 Å². The SMILES string of the molecule is Cc1ccccc1N=Nc1ccc(Cl)c(S(=O)(=O)O)c1. The monoisotopic (exact) mass is 310 g/mol. The van der Waals surface area contributed by atoms with Crippen LogP contribution in [-0.4, -0.2) is 13.0 Å². The molecule has 0 unspecified atom stereocenters. The fourth-order valence-electron chi connectivity index (χ4n) is 1.54. The van der Waals surface area contributed by atoms with Gasteiger partial charge in [-0.25, -0.2) is 0 Å². The highest BCUT2D eigenvalue weighted by molar-refractivity contribution is 7.86. The van der Waals surface area contributed by atoms with Crippen molar-refractivity contribution in [2.24, 2.45) is 10.2 Å². The number of hydrogen-bond donors (Lipinski definition) is 1. The van der Waals surface area contributed by atoms with E-state index in [0.29, 0.717) is 5.69 Å². The van der Waals surface area contributed by atoms with Crippen LogP contribution in [0.1, 0.15) is 5.56 Å². The summed E-state index contributed by atoms with van der Waals surface area (Å²) >= 11 is 5.71. The van der Waals surface area contributed by atoms with Crippen LogP contribution in [0.4, 0.5) is 11.4 Å². The summed E-state index contributed by atoms with van der Waals surface area (Å²) in [6, 6.07) is 11.4. The number of halogens is 1. The molecule has 2 rings (SSSR count). The third kappa shape index (κ3) is 3.41. The zero-order chi connectivity index (χ0) is 14.8. The van der Waals surface area contributed by atoms with Crippen molar-refractivity contribution in [2.75, 3.05) is 0 Å². The third-order valence-corrected chi connectivity index (χ3v) is 3.92. The molecule has 0 aliphatic heterocycles. The Morgan fingerprint density at radius 1 is 1.10 bits per heavy atom. The van der Waals surface area contributed by atoms with E-state index in [0.717, 1.165) is 5.56 Å². The van der Waals surface area contributed by atoms with Gasteiger partial charge in [0.1, 0.15) is 4.90 Å². The molecule has 20 heavy (non-hydrogen) atoms. The van der Waals surface area contributed by atoms with Crippen molar-refractivity contribution in [3.63, 3.8) is 0 Å². The maximum atomic E-state index is 11.1. The number of nitrogens with zero attached hydrogens (tertiary/aromatic N) is 2. The van der Waals surface area contributed by atoms with Crippen LogP contribution in [0, 0.1) is 6.92 Å². The summed E-state index contributed by atoms with van der Waals surface area (Å²) in [5, 5.41) is 7.91. The average Bonchev–Trinajstić information content (AvgIpc) is 2.38. The second-order valence-electron chi connectivity index (χ2n) is 4.08. The summed E-state index contributed by atoms with van der Waals surface area (Å²) in [6.45, 7) is 1.89. The second-order valence-corrected chi connectivity index (χ2v) is 5.87. The van der Waals surface area contributed by atoms with Crippen molar-refractivity contribution in [3.05, 3.63) is 53.1 Å². The lowest BCUT2D eigenvalue weighted by Crippen LogP contribution is -1.98. The van der Waals surface area contributed by atoms with Crippen LogP contribution in [0.5, 0.6) is 0 Å². The van der Waals surface area contributed by atoms with E-state index in [1.807, 2.05) is 25.1 Å². The van der Waals surface area contributed by atoms with E-state index in [4.69, 9.17) is 16.2 Å². The van der Waals surface area contributed by atoms with Gasteiger partial charge in [0.25, 0.3) is 10.1 Å². The van der Waals surface area contributed by atoms with E-state index >= 15 is 0 Å². The van der Waals surface area contributed by atoms with Gasteiger partial charge in [0.2, 0.25) is 0 Å². The fraction of sp³-hybridized carbons (Fsp3) is 0.0769. The molecular weight excluding hydrogens is 300 g/mol. The van der Waals surface area contributed by atoms with E-state index in [-0.39, 0.29) is 15.6 Å². The predicted molar refractivity (Wildman–Crippen MR) is 76.6 cm³/mol. The summed E-state index contributed by atoms with van der Waals surface area (Å²) in [4.78, 5) is -0.389. The molecular formula is C13H11ClN2O3S. The van der Waals surface area contributed by atoms with Crippen LogP contribution in [0.3, 0.4) is 0 Å². The lowest BCUT2D eigenvalue weighted by atomic mass is 10.2. The standard InChI is InChI=1S/C13H11ClN2O3S/c1-9-4-2-3-5-12(9)16-15-10-6-7-11(14)13(8-10)20(17,18)19/h2-8H,1H3,(H,17,18,19). The first kappa shape index (κ1) is 14.6. The number of rotatable bonds is 3. The van der Waals surface area contributed by atoms with Gasteiger partial charge in [0.15, 0.2) is 0 Å². The Bertz CT molecular complexity index is 773. The minimum absolute atomic E-state index is 0.0673. The molecule has 0 aliphatic carbocycles. The summed E-state index contributed by atoms with van der Waals surface area (Å²) in [6.07, 6.45) is 0. The van der Waals surface area contributed by atoms with Crippen molar-refractivity contribution in [1.29, 1.82) is 0 Å². The number of aryl methyl sites for hydroxylation is 1. The van der Waals surface area contributed by atoms with Gasteiger partial charge >= 0.3 is 0 Å². The summed E-state index contributed by atoms with van der Waals surface area (Å²) in [5.41, 5.74) is 1.90. The van der Waals surface area contributed by atoms with E-state index in [1.165, 1.54) is 18.2 Å². The topological polar surface area (TPSA) is 79.1 Å². The summed E-state index contributed by atoms with van der Waals surface area (Å²) in [5.74, 6) is 0.